The molecule has 26 heavy (non-hydrogen) atoms. The van der Waals surface area contributed by atoms with E-state index < -0.39 is 0 Å². The van der Waals surface area contributed by atoms with E-state index in [0.717, 1.165) is 6.42 Å². The number of ether oxygens (including phenoxy) is 1. The third-order valence-corrected chi connectivity index (χ3v) is 3.88. The van der Waals surface area contributed by atoms with Crippen LogP contribution in [0, 0.1) is 5.92 Å². The van der Waals surface area contributed by atoms with E-state index in [1.165, 1.54) is 4.90 Å². The van der Waals surface area contributed by atoms with Crippen molar-refractivity contribution in [1.29, 1.82) is 0 Å². The molecular weight excluding hydrogens is 328 g/mol. The second-order valence-corrected chi connectivity index (χ2v) is 6.76. The van der Waals surface area contributed by atoms with Gasteiger partial charge in [-0.3, -0.25) is 9.59 Å². The van der Waals surface area contributed by atoms with Crippen LogP contribution in [0.25, 0.3) is 0 Å². The maximum absolute atomic E-state index is 12.6. The van der Waals surface area contributed by atoms with Crippen molar-refractivity contribution in [3.8, 4) is 5.75 Å². The first-order chi connectivity index (χ1) is 12.4. The third kappa shape index (κ3) is 5.34. The van der Waals surface area contributed by atoms with Crippen LogP contribution < -0.4 is 10.1 Å². The molecule has 0 heterocycles. The van der Waals surface area contributed by atoms with Gasteiger partial charge < -0.3 is 15.0 Å². The number of anilines is 1. The molecule has 5 nitrogen and oxygen atoms in total. The van der Waals surface area contributed by atoms with Gasteiger partial charge in [0.15, 0.2) is 0 Å². The Morgan fingerprint density at radius 3 is 2.31 bits per heavy atom. The van der Waals surface area contributed by atoms with Crippen molar-refractivity contribution in [1.82, 2.24) is 4.90 Å². The topological polar surface area (TPSA) is 58.6 Å². The molecule has 0 aliphatic heterocycles. The highest BCUT2D eigenvalue weighted by molar-refractivity contribution is 6.06. The van der Waals surface area contributed by atoms with E-state index in [1.54, 1.807) is 50.5 Å². The number of benzene rings is 2. The standard InChI is InChI=1S/C21H26N2O3/c1-15(2)13-14-26-19-8-6-5-7-18(19)20(24)22-17-11-9-16(10-12-17)21(25)23(3)4/h5-12,15H,13-14H2,1-4H3,(H,22,24). The average molecular weight is 354 g/mol. The van der Waals surface area contributed by atoms with Gasteiger partial charge in [0.25, 0.3) is 11.8 Å². The Labute approximate surface area is 155 Å². The van der Waals surface area contributed by atoms with E-state index >= 15 is 0 Å². The van der Waals surface area contributed by atoms with Gasteiger partial charge in [0.05, 0.1) is 12.2 Å². The largest absolute Gasteiger partial charge is 0.493 e. The van der Waals surface area contributed by atoms with Crippen LogP contribution in [-0.2, 0) is 0 Å². The Bertz CT molecular complexity index is 752. The van der Waals surface area contributed by atoms with Crippen LogP contribution in [0.1, 0.15) is 41.0 Å². The molecule has 2 amide bonds. The van der Waals surface area contributed by atoms with Crippen molar-refractivity contribution < 1.29 is 14.3 Å². The zero-order chi connectivity index (χ0) is 19.1. The Hall–Kier alpha value is -2.82. The highest BCUT2D eigenvalue weighted by atomic mass is 16.5. The molecule has 5 heteroatoms. The van der Waals surface area contributed by atoms with Crippen molar-refractivity contribution in [3.63, 3.8) is 0 Å². The molecule has 0 saturated heterocycles. The molecule has 138 valence electrons. The Kier molecular flexibility index (Phi) is 6.78. The van der Waals surface area contributed by atoms with Crippen molar-refractivity contribution >= 4 is 17.5 Å². The summed E-state index contributed by atoms with van der Waals surface area (Å²) in [6.07, 6.45) is 0.928. The fourth-order valence-electron chi connectivity index (χ4n) is 2.34. The molecular formula is C21H26N2O3. The smallest absolute Gasteiger partial charge is 0.259 e. The van der Waals surface area contributed by atoms with Gasteiger partial charge in [0.2, 0.25) is 0 Å². The first-order valence-corrected chi connectivity index (χ1v) is 8.73. The molecule has 2 aromatic carbocycles. The van der Waals surface area contributed by atoms with Gasteiger partial charge >= 0.3 is 0 Å². The van der Waals surface area contributed by atoms with Gasteiger partial charge in [-0.15, -0.1) is 0 Å². The van der Waals surface area contributed by atoms with Crippen LogP contribution in [0.3, 0.4) is 0 Å². The van der Waals surface area contributed by atoms with E-state index in [1.807, 2.05) is 12.1 Å². The summed E-state index contributed by atoms with van der Waals surface area (Å²) in [6.45, 7) is 4.84. The van der Waals surface area contributed by atoms with Crippen LogP contribution >= 0.6 is 0 Å². The SMILES string of the molecule is CC(C)CCOc1ccccc1C(=O)Nc1ccc(C(=O)N(C)C)cc1. The molecule has 0 aliphatic rings. The molecule has 2 rings (SSSR count). The summed E-state index contributed by atoms with van der Waals surface area (Å²) in [4.78, 5) is 26.0. The Morgan fingerprint density at radius 1 is 1.04 bits per heavy atom. The molecule has 0 aromatic heterocycles. The monoisotopic (exact) mass is 354 g/mol. The predicted molar refractivity (Wildman–Crippen MR) is 104 cm³/mol. The van der Waals surface area contributed by atoms with Crippen molar-refractivity contribution in [2.75, 3.05) is 26.0 Å². The highest BCUT2D eigenvalue weighted by Gasteiger charge is 2.13. The summed E-state index contributed by atoms with van der Waals surface area (Å²) in [7, 11) is 3.41. The minimum Gasteiger partial charge on any atom is -0.493 e. The molecule has 0 saturated carbocycles. The first-order valence-electron chi connectivity index (χ1n) is 8.73. The number of rotatable bonds is 7. The molecule has 2 aromatic rings. The molecule has 1 N–H and O–H groups in total. The number of hydrogen-bond donors (Lipinski definition) is 1. The zero-order valence-corrected chi connectivity index (χ0v) is 15.8. The van der Waals surface area contributed by atoms with Gasteiger partial charge in [-0.05, 0) is 48.7 Å². The lowest BCUT2D eigenvalue weighted by Crippen LogP contribution is -2.21. The fraction of sp³-hybridized carbons (Fsp3) is 0.333. The van der Waals surface area contributed by atoms with E-state index in [0.29, 0.717) is 35.1 Å². The second-order valence-electron chi connectivity index (χ2n) is 6.76. The predicted octanol–water partition coefficient (Wildman–Crippen LogP) is 4.07. The van der Waals surface area contributed by atoms with Crippen molar-refractivity contribution in [3.05, 3.63) is 59.7 Å². The minimum atomic E-state index is -0.239. The van der Waals surface area contributed by atoms with E-state index in [2.05, 4.69) is 19.2 Å². The summed E-state index contributed by atoms with van der Waals surface area (Å²) >= 11 is 0. The van der Waals surface area contributed by atoms with Crippen LogP contribution in [0.5, 0.6) is 5.75 Å². The van der Waals surface area contributed by atoms with Gasteiger partial charge in [-0.1, -0.05) is 26.0 Å². The van der Waals surface area contributed by atoms with E-state index in [9.17, 15) is 9.59 Å². The molecule has 0 spiro atoms. The normalized spacial score (nSPS) is 10.5. The van der Waals surface area contributed by atoms with Gasteiger partial charge in [0.1, 0.15) is 5.75 Å². The van der Waals surface area contributed by atoms with Gasteiger partial charge in [-0.25, -0.2) is 0 Å². The van der Waals surface area contributed by atoms with Crippen LogP contribution in [0.15, 0.2) is 48.5 Å². The summed E-state index contributed by atoms with van der Waals surface area (Å²) < 4.78 is 5.77. The Morgan fingerprint density at radius 2 is 1.69 bits per heavy atom. The number of amides is 2. The minimum absolute atomic E-state index is 0.0771. The van der Waals surface area contributed by atoms with Crippen LogP contribution in [0.2, 0.25) is 0 Å². The Balaban J connectivity index is 2.07. The first kappa shape index (κ1) is 19.5. The van der Waals surface area contributed by atoms with Gasteiger partial charge in [-0.2, -0.15) is 0 Å². The van der Waals surface area contributed by atoms with Crippen LogP contribution in [0.4, 0.5) is 5.69 Å². The average Bonchev–Trinajstić information content (AvgIpc) is 2.61. The quantitative estimate of drug-likeness (QED) is 0.815. The molecule has 0 atom stereocenters. The number of nitrogens with one attached hydrogen (secondary N) is 1. The summed E-state index contributed by atoms with van der Waals surface area (Å²) in [5.74, 6) is 0.799. The van der Waals surface area contributed by atoms with Crippen molar-refractivity contribution in [2.24, 2.45) is 5.92 Å². The number of carbonyl (C=O) groups is 2. The lowest BCUT2D eigenvalue weighted by Gasteiger charge is -2.13. The molecule has 0 radical (unpaired) electrons. The van der Waals surface area contributed by atoms with Gasteiger partial charge in [0, 0.05) is 25.3 Å². The maximum atomic E-state index is 12.6. The molecule has 0 bridgehead atoms. The summed E-state index contributed by atoms with van der Waals surface area (Å²) in [5, 5.41) is 2.85. The number of para-hydroxylation sites is 1. The fourth-order valence-corrected chi connectivity index (χ4v) is 2.34. The second kappa shape index (κ2) is 9.04. The number of carbonyl (C=O) groups excluding carboxylic acids is 2. The molecule has 0 aliphatic carbocycles. The number of nitrogens with zero attached hydrogens (tertiary/aromatic N) is 1. The van der Waals surface area contributed by atoms with E-state index in [-0.39, 0.29) is 11.8 Å². The van der Waals surface area contributed by atoms with Crippen LogP contribution in [-0.4, -0.2) is 37.4 Å². The van der Waals surface area contributed by atoms with E-state index in [4.69, 9.17) is 4.74 Å². The zero-order valence-electron chi connectivity index (χ0n) is 15.8. The van der Waals surface area contributed by atoms with Crippen molar-refractivity contribution in [2.45, 2.75) is 20.3 Å². The summed E-state index contributed by atoms with van der Waals surface area (Å²) in [6, 6.07) is 14.0. The summed E-state index contributed by atoms with van der Waals surface area (Å²) in [5.41, 5.74) is 1.69. The maximum Gasteiger partial charge on any atom is 0.259 e. The highest BCUT2D eigenvalue weighted by Crippen LogP contribution is 2.21. The molecule has 0 unspecified atom stereocenters. The molecule has 0 fully saturated rings. The number of hydrogen-bond acceptors (Lipinski definition) is 3. The lowest BCUT2D eigenvalue weighted by molar-refractivity contribution is 0.0827. The lowest BCUT2D eigenvalue weighted by atomic mass is 10.1. The third-order valence-electron chi connectivity index (χ3n) is 3.88.